The Bertz CT molecular complexity index is 1000. The summed E-state index contributed by atoms with van der Waals surface area (Å²) in [5.74, 6) is 0.310. The van der Waals surface area contributed by atoms with E-state index in [0.29, 0.717) is 11.8 Å². The third-order valence-corrected chi connectivity index (χ3v) is 6.54. The third kappa shape index (κ3) is 4.41. The van der Waals surface area contributed by atoms with E-state index in [9.17, 15) is 5.11 Å². The number of hydrogen-bond acceptors (Lipinski definition) is 4. The maximum atomic E-state index is 9.42. The number of pyridine rings is 1. The summed E-state index contributed by atoms with van der Waals surface area (Å²) in [6.45, 7) is 5.19. The smallest absolute Gasteiger partial charge is 0.115 e. The number of phenolic OH excluding ortho intramolecular Hbond substituents is 1. The summed E-state index contributed by atoms with van der Waals surface area (Å²) in [7, 11) is 0. The Kier molecular flexibility index (Phi) is 5.83. The van der Waals surface area contributed by atoms with Crippen molar-refractivity contribution in [1.29, 1.82) is 0 Å². The van der Waals surface area contributed by atoms with Crippen molar-refractivity contribution >= 4 is 6.08 Å². The van der Waals surface area contributed by atoms with Crippen LogP contribution in [0.25, 0.3) is 6.08 Å². The van der Waals surface area contributed by atoms with Gasteiger partial charge in [-0.15, -0.1) is 0 Å². The monoisotopic (exact) mass is 411 g/mol. The van der Waals surface area contributed by atoms with Crippen LogP contribution in [0.15, 0.2) is 72.9 Å². The topological polar surface area (TPSA) is 39.6 Å². The molecule has 1 atom stereocenters. The van der Waals surface area contributed by atoms with E-state index in [4.69, 9.17) is 4.98 Å². The molecule has 0 amide bonds. The summed E-state index contributed by atoms with van der Waals surface area (Å²) in [5.41, 5.74) is 6.67. The molecule has 5 rings (SSSR count). The van der Waals surface area contributed by atoms with E-state index in [1.54, 1.807) is 12.1 Å². The zero-order valence-corrected chi connectivity index (χ0v) is 17.8. The lowest BCUT2D eigenvalue weighted by molar-refractivity contribution is 0.117. The highest BCUT2D eigenvalue weighted by Gasteiger charge is 2.31. The molecule has 1 aliphatic heterocycles. The molecular weight excluding hydrogens is 382 g/mol. The fraction of sp³-hybridized carbons (Fsp3) is 0.296. The van der Waals surface area contributed by atoms with E-state index in [0.717, 1.165) is 51.1 Å². The van der Waals surface area contributed by atoms with Crippen molar-refractivity contribution in [3.63, 3.8) is 0 Å². The molecule has 0 radical (unpaired) electrons. The minimum Gasteiger partial charge on any atom is -0.508 e. The number of hydrogen-bond donors (Lipinski definition) is 1. The fourth-order valence-corrected chi connectivity index (χ4v) is 4.88. The van der Waals surface area contributed by atoms with Gasteiger partial charge in [-0.25, -0.2) is 0 Å². The summed E-state index contributed by atoms with van der Waals surface area (Å²) in [4.78, 5) is 9.89. The Morgan fingerprint density at radius 3 is 2.48 bits per heavy atom. The number of benzene rings is 2. The first-order valence-electron chi connectivity index (χ1n) is 11.2. The van der Waals surface area contributed by atoms with Gasteiger partial charge in [-0.3, -0.25) is 14.8 Å². The van der Waals surface area contributed by atoms with Crippen LogP contribution in [0.2, 0.25) is 0 Å². The molecule has 0 spiro atoms. The molecule has 4 nitrogen and oxygen atoms in total. The molecule has 1 aliphatic carbocycles. The van der Waals surface area contributed by atoms with Crippen LogP contribution < -0.4 is 0 Å². The average Bonchev–Trinajstić information content (AvgIpc) is 2.98. The molecule has 1 saturated heterocycles. The minimum atomic E-state index is 0.303. The average molecular weight is 412 g/mol. The first-order chi connectivity index (χ1) is 15.3. The van der Waals surface area contributed by atoms with Gasteiger partial charge in [0.05, 0.1) is 6.04 Å². The van der Waals surface area contributed by atoms with Gasteiger partial charge in [0, 0.05) is 44.6 Å². The van der Waals surface area contributed by atoms with Crippen molar-refractivity contribution in [2.45, 2.75) is 18.9 Å². The van der Waals surface area contributed by atoms with Gasteiger partial charge in [0.15, 0.2) is 0 Å². The van der Waals surface area contributed by atoms with Crippen molar-refractivity contribution in [3.8, 4) is 5.75 Å². The maximum absolute atomic E-state index is 9.42. The van der Waals surface area contributed by atoms with Gasteiger partial charge in [0.2, 0.25) is 0 Å². The van der Waals surface area contributed by atoms with E-state index in [1.165, 1.54) is 22.4 Å². The molecule has 1 N–H and O–H groups in total. The quantitative estimate of drug-likeness (QED) is 0.695. The van der Waals surface area contributed by atoms with Crippen LogP contribution in [-0.4, -0.2) is 52.6 Å². The van der Waals surface area contributed by atoms with Gasteiger partial charge in [-0.2, -0.15) is 0 Å². The molecular formula is C27H29N3O. The summed E-state index contributed by atoms with van der Waals surface area (Å²) in [6.07, 6.45) is 8.38. The summed E-state index contributed by atoms with van der Waals surface area (Å²) in [5, 5.41) is 9.42. The first kappa shape index (κ1) is 20.0. The molecule has 2 aliphatic rings. The van der Waals surface area contributed by atoms with Crippen molar-refractivity contribution in [3.05, 3.63) is 101 Å². The maximum Gasteiger partial charge on any atom is 0.115 e. The lowest BCUT2D eigenvalue weighted by Gasteiger charge is -2.39. The Morgan fingerprint density at radius 1 is 0.871 bits per heavy atom. The highest BCUT2D eigenvalue weighted by molar-refractivity contribution is 5.50. The minimum absolute atomic E-state index is 0.303. The van der Waals surface area contributed by atoms with Crippen molar-refractivity contribution < 1.29 is 5.11 Å². The predicted molar refractivity (Wildman–Crippen MR) is 125 cm³/mol. The van der Waals surface area contributed by atoms with Gasteiger partial charge >= 0.3 is 0 Å². The SMILES string of the molecule is Oc1ccc(/C=C/CN2CCN(C3c4ccccc4CCc4ncccc43)CC2)cc1. The van der Waals surface area contributed by atoms with Crippen LogP contribution in [0.1, 0.15) is 34.0 Å². The van der Waals surface area contributed by atoms with Crippen molar-refractivity contribution in [2.75, 3.05) is 32.7 Å². The van der Waals surface area contributed by atoms with Crippen LogP contribution in [0.5, 0.6) is 5.75 Å². The lowest BCUT2D eigenvalue weighted by Crippen LogP contribution is -2.47. The van der Waals surface area contributed by atoms with E-state index >= 15 is 0 Å². The van der Waals surface area contributed by atoms with Crippen molar-refractivity contribution in [2.24, 2.45) is 0 Å². The van der Waals surface area contributed by atoms with Gasteiger partial charge in [0.25, 0.3) is 0 Å². The highest BCUT2D eigenvalue weighted by atomic mass is 16.3. The van der Waals surface area contributed by atoms with E-state index in [-0.39, 0.29) is 0 Å². The Morgan fingerprint density at radius 2 is 1.65 bits per heavy atom. The lowest BCUT2D eigenvalue weighted by atomic mass is 9.94. The van der Waals surface area contributed by atoms with Crippen LogP contribution in [0.3, 0.4) is 0 Å². The second-order valence-electron chi connectivity index (χ2n) is 8.47. The molecule has 1 unspecified atom stereocenters. The van der Waals surface area contributed by atoms with Gasteiger partial charge in [0.1, 0.15) is 5.75 Å². The third-order valence-electron chi connectivity index (χ3n) is 6.54. The predicted octanol–water partition coefficient (Wildman–Crippen LogP) is 4.31. The number of rotatable bonds is 4. The van der Waals surface area contributed by atoms with E-state index in [1.807, 2.05) is 18.3 Å². The van der Waals surface area contributed by atoms with Crippen LogP contribution in [-0.2, 0) is 12.8 Å². The number of aromatic nitrogens is 1. The van der Waals surface area contributed by atoms with Crippen LogP contribution in [0, 0.1) is 0 Å². The highest BCUT2D eigenvalue weighted by Crippen LogP contribution is 2.36. The van der Waals surface area contributed by atoms with E-state index in [2.05, 4.69) is 58.4 Å². The fourth-order valence-electron chi connectivity index (χ4n) is 4.88. The Labute approximate surface area is 184 Å². The molecule has 2 heterocycles. The zero-order valence-electron chi connectivity index (χ0n) is 17.8. The molecule has 158 valence electrons. The first-order valence-corrected chi connectivity index (χ1v) is 11.2. The number of nitrogens with zero attached hydrogens (tertiary/aromatic N) is 3. The standard InChI is InChI=1S/C27H29N3O/c31-23-12-9-21(10-13-23)5-4-16-29-17-19-30(20-18-29)27-24-7-2-1-6-22(24)11-14-26-25(27)8-3-15-28-26/h1-10,12-13,15,27,31H,11,14,16-20H2/b5-4+. The van der Waals surface area contributed by atoms with Gasteiger partial charge < -0.3 is 5.11 Å². The largest absolute Gasteiger partial charge is 0.508 e. The van der Waals surface area contributed by atoms with Crippen LogP contribution in [0.4, 0.5) is 0 Å². The summed E-state index contributed by atoms with van der Waals surface area (Å²) >= 11 is 0. The second kappa shape index (κ2) is 9.04. The molecule has 1 aromatic heterocycles. The summed E-state index contributed by atoms with van der Waals surface area (Å²) in [6, 6.07) is 21.0. The van der Waals surface area contributed by atoms with Crippen LogP contribution >= 0.6 is 0 Å². The van der Waals surface area contributed by atoms with Crippen molar-refractivity contribution in [1.82, 2.24) is 14.8 Å². The number of aromatic hydroxyl groups is 1. The zero-order chi connectivity index (χ0) is 21.0. The molecule has 31 heavy (non-hydrogen) atoms. The van der Waals surface area contributed by atoms with Gasteiger partial charge in [-0.1, -0.05) is 54.6 Å². The van der Waals surface area contributed by atoms with E-state index < -0.39 is 0 Å². The molecule has 0 saturated carbocycles. The second-order valence-corrected chi connectivity index (χ2v) is 8.47. The molecule has 2 aromatic carbocycles. The molecule has 3 aromatic rings. The molecule has 1 fully saturated rings. The number of fused-ring (bicyclic) bond motifs is 2. The normalized spacial score (nSPS) is 19.7. The Balaban J connectivity index is 1.29. The number of piperazine rings is 1. The number of phenols is 1. The Hall–Kier alpha value is -2.95. The number of aryl methyl sites for hydroxylation is 2. The molecule has 4 heteroatoms. The summed E-state index contributed by atoms with van der Waals surface area (Å²) < 4.78 is 0. The van der Waals surface area contributed by atoms with Gasteiger partial charge in [-0.05, 0) is 53.3 Å². The molecule has 0 bridgehead atoms.